The Kier molecular flexibility index (Phi) is 6.73. The molecule has 2 aliphatic rings. The molecule has 1 aliphatic carbocycles. The third kappa shape index (κ3) is 4.60. The number of rotatable bonds is 4. The van der Waals surface area contributed by atoms with Crippen LogP contribution in [0.25, 0.3) is 67.2 Å². The molecule has 11 rings (SSSR count). The van der Waals surface area contributed by atoms with Gasteiger partial charge in [-0.1, -0.05) is 164 Å². The van der Waals surface area contributed by atoms with Crippen molar-refractivity contribution in [3.8, 4) is 67.9 Å². The molecular weight excluding hydrogens is 659 g/mol. The average molecular weight is 690 g/mol. The summed E-state index contributed by atoms with van der Waals surface area (Å²) in [5.41, 5.74) is 11.8. The smallest absolute Gasteiger partial charge is 0.164 e. The SMILES string of the molecule is c1ccc(-c2nc(-c3cccc(-c4ccc5c(c4)Oc4ccccc4C54c5ccccc5-c5ccccc54)c3)nc(-c3ccc4ccccc4c3)n2)cc1. The van der Waals surface area contributed by atoms with E-state index in [0.29, 0.717) is 17.5 Å². The first-order chi connectivity index (χ1) is 26.7. The summed E-state index contributed by atoms with van der Waals surface area (Å²) in [6.07, 6.45) is 0. The molecule has 0 radical (unpaired) electrons. The van der Waals surface area contributed by atoms with E-state index in [2.05, 4.69) is 158 Å². The minimum atomic E-state index is -0.490. The van der Waals surface area contributed by atoms with Crippen LogP contribution in [-0.4, -0.2) is 15.0 Å². The van der Waals surface area contributed by atoms with E-state index in [9.17, 15) is 0 Å². The Morgan fingerprint density at radius 1 is 0.315 bits per heavy atom. The zero-order chi connectivity index (χ0) is 35.6. The quantitative estimate of drug-likeness (QED) is 0.185. The van der Waals surface area contributed by atoms with Crippen LogP contribution >= 0.6 is 0 Å². The fourth-order valence-electron chi connectivity index (χ4n) is 8.56. The molecule has 0 fully saturated rings. The lowest BCUT2D eigenvalue weighted by Gasteiger charge is -2.39. The van der Waals surface area contributed by atoms with Crippen molar-refractivity contribution in [2.24, 2.45) is 0 Å². The van der Waals surface area contributed by atoms with Crippen molar-refractivity contribution in [3.63, 3.8) is 0 Å². The number of hydrogen-bond donors (Lipinski definition) is 0. The Balaban J connectivity index is 1.05. The fraction of sp³-hybridized carbons (Fsp3) is 0.0200. The molecule has 0 unspecified atom stereocenters. The van der Waals surface area contributed by atoms with E-state index in [1.807, 2.05) is 30.3 Å². The van der Waals surface area contributed by atoms with Crippen molar-refractivity contribution in [2.75, 3.05) is 0 Å². The third-order valence-corrected chi connectivity index (χ3v) is 11.0. The highest BCUT2D eigenvalue weighted by atomic mass is 16.5. The molecule has 0 N–H and O–H groups in total. The van der Waals surface area contributed by atoms with Crippen LogP contribution in [0.3, 0.4) is 0 Å². The van der Waals surface area contributed by atoms with Gasteiger partial charge in [-0.15, -0.1) is 0 Å². The van der Waals surface area contributed by atoms with Gasteiger partial charge in [-0.25, -0.2) is 15.0 Å². The van der Waals surface area contributed by atoms with Gasteiger partial charge in [0.1, 0.15) is 11.5 Å². The minimum absolute atomic E-state index is 0.490. The van der Waals surface area contributed by atoms with Gasteiger partial charge in [-0.2, -0.15) is 0 Å². The molecule has 1 aromatic heterocycles. The lowest BCUT2D eigenvalue weighted by atomic mass is 9.66. The van der Waals surface area contributed by atoms with Crippen LogP contribution in [0.5, 0.6) is 11.5 Å². The Morgan fingerprint density at radius 3 is 1.59 bits per heavy atom. The maximum Gasteiger partial charge on any atom is 0.164 e. The zero-order valence-electron chi connectivity index (χ0n) is 29.1. The van der Waals surface area contributed by atoms with Crippen LogP contribution in [0.15, 0.2) is 188 Å². The van der Waals surface area contributed by atoms with E-state index in [1.54, 1.807) is 0 Å². The standard InChI is InChI=1S/C50H31N3O/c1-2-14-33(15-3-1)47-51-48(53-49(52-47)38-26-25-32-13-4-5-16-34(32)29-38)37-18-12-17-35(30-37)36-27-28-44-46(31-36)54-45-24-11-10-23-43(45)50(44)41-21-8-6-19-39(41)40-20-7-9-22-42(40)50/h1-31H. The van der Waals surface area contributed by atoms with Crippen molar-refractivity contribution in [1.82, 2.24) is 15.0 Å². The second-order valence-electron chi connectivity index (χ2n) is 14.0. The fourth-order valence-corrected chi connectivity index (χ4v) is 8.56. The first kappa shape index (κ1) is 30.5. The normalized spacial score (nSPS) is 13.1. The van der Waals surface area contributed by atoms with E-state index >= 15 is 0 Å². The molecule has 1 aliphatic heterocycles. The summed E-state index contributed by atoms with van der Waals surface area (Å²) in [6.45, 7) is 0. The second-order valence-corrected chi connectivity index (χ2v) is 14.0. The summed E-state index contributed by atoms with van der Waals surface area (Å²) in [4.78, 5) is 15.1. The van der Waals surface area contributed by atoms with Crippen LogP contribution in [0.4, 0.5) is 0 Å². The summed E-state index contributed by atoms with van der Waals surface area (Å²) in [6, 6.07) is 66.1. The first-order valence-electron chi connectivity index (χ1n) is 18.3. The highest BCUT2D eigenvalue weighted by Gasteiger charge is 2.50. The minimum Gasteiger partial charge on any atom is -0.457 e. The Morgan fingerprint density at radius 2 is 0.833 bits per heavy atom. The highest BCUT2D eigenvalue weighted by Crippen LogP contribution is 2.62. The molecule has 4 nitrogen and oxygen atoms in total. The van der Waals surface area contributed by atoms with Crippen LogP contribution in [0, 0.1) is 0 Å². The maximum absolute atomic E-state index is 6.80. The topological polar surface area (TPSA) is 47.9 Å². The molecule has 0 saturated heterocycles. The van der Waals surface area contributed by atoms with Gasteiger partial charge >= 0.3 is 0 Å². The van der Waals surface area contributed by atoms with Gasteiger partial charge < -0.3 is 4.74 Å². The zero-order valence-corrected chi connectivity index (χ0v) is 29.1. The largest absolute Gasteiger partial charge is 0.457 e. The van der Waals surface area contributed by atoms with Crippen molar-refractivity contribution in [3.05, 3.63) is 210 Å². The predicted octanol–water partition coefficient (Wildman–Crippen LogP) is 12.2. The average Bonchev–Trinajstić information content (AvgIpc) is 3.54. The van der Waals surface area contributed by atoms with Crippen LogP contribution in [0.2, 0.25) is 0 Å². The van der Waals surface area contributed by atoms with Gasteiger partial charge in [0, 0.05) is 27.8 Å². The van der Waals surface area contributed by atoms with Crippen molar-refractivity contribution < 1.29 is 4.74 Å². The van der Waals surface area contributed by atoms with E-state index in [-0.39, 0.29) is 0 Å². The first-order valence-corrected chi connectivity index (χ1v) is 18.3. The molecule has 8 aromatic carbocycles. The van der Waals surface area contributed by atoms with Crippen molar-refractivity contribution in [2.45, 2.75) is 5.41 Å². The van der Waals surface area contributed by atoms with Crippen LogP contribution in [0.1, 0.15) is 22.3 Å². The number of ether oxygens (including phenoxy) is 1. The molecular formula is C50H31N3O. The molecule has 0 atom stereocenters. The lowest BCUT2D eigenvalue weighted by molar-refractivity contribution is 0.436. The number of fused-ring (bicyclic) bond motifs is 10. The molecule has 0 saturated carbocycles. The molecule has 54 heavy (non-hydrogen) atoms. The van der Waals surface area contributed by atoms with Crippen LogP contribution < -0.4 is 4.74 Å². The molecule has 0 amide bonds. The van der Waals surface area contributed by atoms with Crippen LogP contribution in [-0.2, 0) is 5.41 Å². The summed E-state index contributed by atoms with van der Waals surface area (Å²) < 4.78 is 6.80. The highest BCUT2D eigenvalue weighted by molar-refractivity contribution is 5.89. The monoisotopic (exact) mass is 689 g/mol. The maximum atomic E-state index is 6.80. The molecule has 4 heteroatoms. The molecule has 0 bridgehead atoms. The predicted molar refractivity (Wildman–Crippen MR) is 216 cm³/mol. The number of aromatic nitrogens is 3. The number of para-hydroxylation sites is 1. The summed E-state index contributed by atoms with van der Waals surface area (Å²) in [5.74, 6) is 3.63. The van der Waals surface area contributed by atoms with Gasteiger partial charge in [-0.05, 0) is 68.4 Å². The molecule has 9 aromatic rings. The van der Waals surface area contributed by atoms with Crippen molar-refractivity contribution in [1.29, 1.82) is 0 Å². The van der Waals surface area contributed by atoms with Gasteiger partial charge in [0.2, 0.25) is 0 Å². The number of nitrogens with zero attached hydrogens (tertiary/aromatic N) is 3. The van der Waals surface area contributed by atoms with Gasteiger partial charge in [0.15, 0.2) is 17.5 Å². The molecule has 2 heterocycles. The second kappa shape index (κ2) is 11.9. The lowest BCUT2D eigenvalue weighted by Crippen LogP contribution is -2.32. The summed E-state index contributed by atoms with van der Waals surface area (Å²) in [7, 11) is 0. The summed E-state index contributed by atoms with van der Waals surface area (Å²) in [5, 5.41) is 2.32. The number of benzene rings is 8. The van der Waals surface area contributed by atoms with Gasteiger partial charge in [0.25, 0.3) is 0 Å². The van der Waals surface area contributed by atoms with E-state index in [4.69, 9.17) is 19.7 Å². The van der Waals surface area contributed by atoms with Crippen molar-refractivity contribution >= 4 is 10.8 Å². The van der Waals surface area contributed by atoms with E-state index in [1.165, 1.54) is 27.6 Å². The number of hydrogen-bond acceptors (Lipinski definition) is 4. The molecule has 252 valence electrons. The van der Waals surface area contributed by atoms with Gasteiger partial charge in [0.05, 0.1) is 5.41 Å². The third-order valence-electron chi connectivity index (χ3n) is 11.0. The van der Waals surface area contributed by atoms with E-state index < -0.39 is 5.41 Å². The Hall–Kier alpha value is -7.17. The Bertz CT molecular complexity index is 2890. The Labute approximate surface area is 313 Å². The molecule has 1 spiro atoms. The summed E-state index contributed by atoms with van der Waals surface area (Å²) >= 11 is 0. The van der Waals surface area contributed by atoms with Gasteiger partial charge in [-0.3, -0.25) is 0 Å². The van der Waals surface area contributed by atoms with E-state index in [0.717, 1.165) is 55.8 Å².